The van der Waals surface area contributed by atoms with Crippen molar-refractivity contribution in [1.29, 1.82) is 0 Å². The van der Waals surface area contributed by atoms with Gasteiger partial charge in [-0.2, -0.15) is 0 Å². The number of nitrogens with one attached hydrogen (secondary N) is 2. The molecular formula is C20H33IN4. The third-order valence-corrected chi connectivity index (χ3v) is 5.27. The van der Waals surface area contributed by atoms with Crippen LogP contribution >= 0.6 is 24.0 Å². The van der Waals surface area contributed by atoms with Crippen molar-refractivity contribution in [1.82, 2.24) is 15.5 Å². The molecular weight excluding hydrogens is 423 g/mol. The van der Waals surface area contributed by atoms with Crippen molar-refractivity contribution in [2.24, 2.45) is 16.8 Å². The summed E-state index contributed by atoms with van der Waals surface area (Å²) in [5.74, 6) is 2.62. The van der Waals surface area contributed by atoms with Crippen LogP contribution in [0.2, 0.25) is 0 Å². The first kappa shape index (κ1) is 20.5. The number of hydrogen-bond donors (Lipinski definition) is 2. The van der Waals surface area contributed by atoms with Gasteiger partial charge in [-0.1, -0.05) is 29.8 Å². The minimum Gasteiger partial charge on any atom is -0.356 e. The number of rotatable bonds is 6. The Kier molecular flexibility index (Phi) is 8.49. The fourth-order valence-corrected chi connectivity index (χ4v) is 3.32. The minimum absolute atomic E-state index is 0. The summed E-state index contributed by atoms with van der Waals surface area (Å²) in [7, 11) is 1.87. The summed E-state index contributed by atoms with van der Waals surface area (Å²) in [6.07, 6.45) is 5.31. The van der Waals surface area contributed by atoms with Gasteiger partial charge in [0.25, 0.3) is 0 Å². The number of piperidine rings is 1. The summed E-state index contributed by atoms with van der Waals surface area (Å²) in [6.45, 7) is 7.76. The zero-order valence-corrected chi connectivity index (χ0v) is 18.0. The SMILES string of the molecule is CN=C(NCC1CC1)NCC1CCN(Cc2ccc(C)cc2)CC1.I. The first-order chi connectivity index (χ1) is 11.7. The molecule has 1 saturated heterocycles. The molecule has 25 heavy (non-hydrogen) atoms. The van der Waals surface area contributed by atoms with Gasteiger partial charge in [-0.15, -0.1) is 24.0 Å². The lowest BCUT2D eigenvalue weighted by Gasteiger charge is -2.32. The van der Waals surface area contributed by atoms with Crippen LogP contribution in [-0.4, -0.2) is 44.1 Å². The summed E-state index contributed by atoms with van der Waals surface area (Å²) in [4.78, 5) is 6.92. The van der Waals surface area contributed by atoms with E-state index in [9.17, 15) is 0 Å². The van der Waals surface area contributed by atoms with E-state index in [4.69, 9.17) is 0 Å². The number of aryl methyl sites for hydroxylation is 1. The number of likely N-dealkylation sites (tertiary alicyclic amines) is 1. The standard InChI is InChI=1S/C20H32N4.HI/c1-16-3-5-19(6-4-16)15-24-11-9-18(10-12-24)14-23-20(21-2)22-13-17-7-8-17;/h3-6,17-18H,7-15H2,1-2H3,(H2,21,22,23);1H. The van der Waals surface area contributed by atoms with Crippen LogP contribution in [0.3, 0.4) is 0 Å². The van der Waals surface area contributed by atoms with Gasteiger partial charge in [0, 0.05) is 26.7 Å². The highest BCUT2D eigenvalue weighted by Gasteiger charge is 2.22. The highest BCUT2D eigenvalue weighted by Crippen LogP contribution is 2.27. The molecule has 0 atom stereocenters. The van der Waals surface area contributed by atoms with Crippen molar-refractivity contribution < 1.29 is 0 Å². The Labute approximate surface area is 169 Å². The molecule has 1 aliphatic carbocycles. The van der Waals surface area contributed by atoms with Gasteiger partial charge in [-0.25, -0.2) is 0 Å². The molecule has 3 rings (SSSR count). The molecule has 0 unspecified atom stereocenters. The number of benzene rings is 1. The van der Waals surface area contributed by atoms with Crippen molar-refractivity contribution in [3.8, 4) is 0 Å². The van der Waals surface area contributed by atoms with E-state index in [0.717, 1.165) is 37.4 Å². The number of halogens is 1. The van der Waals surface area contributed by atoms with Gasteiger partial charge in [-0.05, 0) is 63.1 Å². The number of hydrogen-bond acceptors (Lipinski definition) is 2. The van der Waals surface area contributed by atoms with Crippen molar-refractivity contribution >= 4 is 29.9 Å². The maximum atomic E-state index is 4.33. The fraction of sp³-hybridized carbons (Fsp3) is 0.650. The quantitative estimate of drug-likeness (QED) is 0.392. The largest absolute Gasteiger partial charge is 0.356 e. The smallest absolute Gasteiger partial charge is 0.190 e. The average molecular weight is 456 g/mol. The summed E-state index contributed by atoms with van der Waals surface area (Å²) in [5.41, 5.74) is 2.77. The van der Waals surface area contributed by atoms with Crippen LogP contribution in [0.5, 0.6) is 0 Å². The van der Waals surface area contributed by atoms with Gasteiger partial charge in [-0.3, -0.25) is 9.89 Å². The van der Waals surface area contributed by atoms with E-state index in [1.54, 1.807) is 0 Å². The molecule has 0 aromatic heterocycles. The molecule has 1 aromatic carbocycles. The van der Waals surface area contributed by atoms with Gasteiger partial charge in [0.1, 0.15) is 0 Å². The van der Waals surface area contributed by atoms with E-state index in [1.165, 1.54) is 49.9 Å². The number of guanidine groups is 1. The van der Waals surface area contributed by atoms with Gasteiger partial charge in [0.2, 0.25) is 0 Å². The van der Waals surface area contributed by atoms with E-state index in [0.29, 0.717) is 0 Å². The van der Waals surface area contributed by atoms with Gasteiger partial charge in [0.15, 0.2) is 5.96 Å². The van der Waals surface area contributed by atoms with Gasteiger partial charge in [0.05, 0.1) is 0 Å². The minimum atomic E-state index is 0. The second-order valence-electron chi connectivity index (χ2n) is 7.48. The highest BCUT2D eigenvalue weighted by molar-refractivity contribution is 14.0. The summed E-state index contributed by atoms with van der Waals surface area (Å²) >= 11 is 0. The fourth-order valence-electron chi connectivity index (χ4n) is 3.32. The van der Waals surface area contributed by atoms with Crippen LogP contribution in [0.25, 0.3) is 0 Å². The average Bonchev–Trinajstić information content (AvgIpc) is 3.43. The van der Waals surface area contributed by atoms with Crippen molar-refractivity contribution in [2.45, 2.75) is 39.2 Å². The first-order valence-corrected chi connectivity index (χ1v) is 9.45. The molecule has 0 bridgehead atoms. The van der Waals surface area contributed by atoms with Crippen LogP contribution in [0.1, 0.15) is 36.8 Å². The first-order valence-electron chi connectivity index (χ1n) is 9.45. The Morgan fingerprint density at radius 3 is 2.08 bits per heavy atom. The maximum absolute atomic E-state index is 4.33. The summed E-state index contributed by atoms with van der Waals surface area (Å²) < 4.78 is 0. The molecule has 1 aliphatic heterocycles. The van der Waals surface area contributed by atoms with Crippen molar-refractivity contribution in [3.05, 3.63) is 35.4 Å². The van der Waals surface area contributed by atoms with E-state index >= 15 is 0 Å². The van der Waals surface area contributed by atoms with Crippen LogP contribution < -0.4 is 10.6 Å². The van der Waals surface area contributed by atoms with E-state index in [2.05, 4.69) is 51.7 Å². The van der Waals surface area contributed by atoms with Crippen LogP contribution in [0.4, 0.5) is 0 Å². The molecule has 4 nitrogen and oxygen atoms in total. The maximum Gasteiger partial charge on any atom is 0.190 e. The van der Waals surface area contributed by atoms with Gasteiger partial charge < -0.3 is 10.6 Å². The van der Waals surface area contributed by atoms with Crippen LogP contribution in [0, 0.1) is 18.8 Å². The second kappa shape index (κ2) is 10.4. The lowest BCUT2D eigenvalue weighted by atomic mass is 9.96. The van der Waals surface area contributed by atoms with E-state index in [-0.39, 0.29) is 24.0 Å². The molecule has 0 radical (unpaired) electrons. The Hall–Kier alpha value is -0.820. The molecule has 1 aromatic rings. The van der Waals surface area contributed by atoms with Crippen molar-refractivity contribution in [2.75, 3.05) is 33.2 Å². The van der Waals surface area contributed by atoms with Crippen LogP contribution in [0.15, 0.2) is 29.3 Å². The zero-order valence-electron chi connectivity index (χ0n) is 15.6. The summed E-state index contributed by atoms with van der Waals surface area (Å²) in [6, 6.07) is 8.95. The molecule has 140 valence electrons. The summed E-state index contributed by atoms with van der Waals surface area (Å²) in [5, 5.41) is 6.96. The zero-order chi connectivity index (χ0) is 16.8. The number of aliphatic imine (C=N–C) groups is 1. The van der Waals surface area contributed by atoms with Gasteiger partial charge >= 0.3 is 0 Å². The predicted octanol–water partition coefficient (Wildman–Crippen LogP) is 3.40. The molecule has 2 N–H and O–H groups in total. The normalized spacial score (nSPS) is 19.4. The predicted molar refractivity (Wildman–Crippen MR) is 117 cm³/mol. The van der Waals surface area contributed by atoms with E-state index in [1.807, 2.05) is 7.05 Å². The number of nitrogens with zero attached hydrogens (tertiary/aromatic N) is 2. The third kappa shape index (κ3) is 7.13. The molecule has 2 fully saturated rings. The lowest BCUT2D eigenvalue weighted by Crippen LogP contribution is -2.43. The molecule has 1 heterocycles. The highest BCUT2D eigenvalue weighted by atomic mass is 127. The lowest BCUT2D eigenvalue weighted by molar-refractivity contribution is 0.178. The Morgan fingerprint density at radius 1 is 1.00 bits per heavy atom. The topological polar surface area (TPSA) is 39.7 Å². The Bertz CT molecular complexity index is 531. The second-order valence-corrected chi connectivity index (χ2v) is 7.48. The molecule has 0 spiro atoms. The molecule has 0 amide bonds. The van der Waals surface area contributed by atoms with Crippen LogP contribution in [-0.2, 0) is 6.54 Å². The molecule has 5 heteroatoms. The monoisotopic (exact) mass is 456 g/mol. The molecule has 2 aliphatic rings. The Balaban J connectivity index is 0.00000225. The van der Waals surface area contributed by atoms with Crippen molar-refractivity contribution in [3.63, 3.8) is 0 Å². The Morgan fingerprint density at radius 2 is 1.56 bits per heavy atom. The molecule has 1 saturated carbocycles. The van der Waals surface area contributed by atoms with E-state index < -0.39 is 0 Å². The third-order valence-electron chi connectivity index (χ3n) is 5.27.